The molecule has 21 heavy (non-hydrogen) atoms. The third-order valence-corrected chi connectivity index (χ3v) is 5.23. The zero-order valence-electron chi connectivity index (χ0n) is 12.2. The molecular formula is C14H21FN2O3S. The van der Waals surface area contributed by atoms with Crippen LogP contribution in [0.1, 0.15) is 38.7 Å². The Bertz CT molecular complexity index is 596. The summed E-state index contributed by atoms with van der Waals surface area (Å²) in [7, 11) is -4.00. The summed E-state index contributed by atoms with van der Waals surface area (Å²) in [5.41, 5.74) is 0.358. The number of benzene rings is 1. The molecule has 2 N–H and O–H groups in total. The molecular weight excluding hydrogens is 295 g/mol. The first kappa shape index (κ1) is 16.4. The second-order valence-corrected chi connectivity index (χ2v) is 7.18. The first-order chi connectivity index (χ1) is 9.85. The molecule has 0 amide bonds. The summed E-state index contributed by atoms with van der Waals surface area (Å²) in [5.74, 6) is -0.822. The molecule has 1 aromatic carbocycles. The van der Waals surface area contributed by atoms with Crippen LogP contribution in [0.3, 0.4) is 0 Å². The molecule has 2 unspecified atom stereocenters. The van der Waals surface area contributed by atoms with Crippen molar-refractivity contribution in [1.82, 2.24) is 9.84 Å². The lowest BCUT2D eigenvalue weighted by Gasteiger charge is -2.38. The standard InChI is InChI=1S/C14H21FN2O3S/c1-10-4-3-5-11(2)17(10)16-21(19,20)14-8-12(9-18)6-7-13(14)15/h6-8,10-11,16,18H,3-5,9H2,1-2H3. The lowest BCUT2D eigenvalue weighted by Crippen LogP contribution is -2.54. The van der Waals surface area contributed by atoms with Crippen molar-refractivity contribution in [3.63, 3.8) is 0 Å². The number of nitrogens with zero attached hydrogens (tertiary/aromatic N) is 1. The minimum Gasteiger partial charge on any atom is -0.392 e. The van der Waals surface area contributed by atoms with Crippen LogP contribution in [0.4, 0.5) is 4.39 Å². The first-order valence-corrected chi connectivity index (χ1v) is 8.53. The molecule has 1 aliphatic heterocycles. The molecule has 1 heterocycles. The first-order valence-electron chi connectivity index (χ1n) is 7.05. The van der Waals surface area contributed by atoms with Crippen molar-refractivity contribution >= 4 is 10.0 Å². The summed E-state index contributed by atoms with van der Waals surface area (Å²) < 4.78 is 38.6. The molecule has 1 aromatic rings. The predicted octanol–water partition coefficient (Wildman–Crippen LogP) is 1.77. The van der Waals surface area contributed by atoms with E-state index in [0.717, 1.165) is 31.4 Å². The van der Waals surface area contributed by atoms with Gasteiger partial charge in [-0.3, -0.25) is 0 Å². The van der Waals surface area contributed by atoms with E-state index in [2.05, 4.69) is 4.83 Å². The van der Waals surface area contributed by atoms with Gasteiger partial charge in [0.2, 0.25) is 0 Å². The monoisotopic (exact) mass is 316 g/mol. The Hall–Kier alpha value is -1.02. The van der Waals surface area contributed by atoms with Crippen molar-refractivity contribution in [1.29, 1.82) is 0 Å². The van der Waals surface area contributed by atoms with Gasteiger partial charge in [-0.2, -0.15) is 0 Å². The number of hydrogen-bond donors (Lipinski definition) is 2. The minimum atomic E-state index is -4.00. The van der Waals surface area contributed by atoms with Gasteiger partial charge in [0.15, 0.2) is 0 Å². The fraction of sp³-hybridized carbons (Fsp3) is 0.571. The molecule has 2 rings (SSSR count). The fourth-order valence-corrected chi connectivity index (χ4v) is 4.01. The molecule has 0 bridgehead atoms. The molecule has 7 heteroatoms. The van der Waals surface area contributed by atoms with Gasteiger partial charge in [0.1, 0.15) is 10.7 Å². The minimum absolute atomic E-state index is 0.0626. The van der Waals surface area contributed by atoms with Crippen molar-refractivity contribution in [2.45, 2.75) is 56.7 Å². The van der Waals surface area contributed by atoms with Gasteiger partial charge in [0.05, 0.1) is 6.61 Å². The number of sulfonamides is 1. The fourth-order valence-electron chi connectivity index (χ4n) is 2.64. The molecule has 0 aromatic heterocycles. The van der Waals surface area contributed by atoms with E-state index in [4.69, 9.17) is 5.11 Å². The normalized spacial score (nSPS) is 24.2. The van der Waals surface area contributed by atoms with Gasteiger partial charge in [-0.1, -0.05) is 12.5 Å². The number of halogens is 1. The predicted molar refractivity (Wildman–Crippen MR) is 77.3 cm³/mol. The number of piperidine rings is 1. The molecule has 0 saturated carbocycles. The van der Waals surface area contributed by atoms with E-state index >= 15 is 0 Å². The highest BCUT2D eigenvalue weighted by Crippen LogP contribution is 2.23. The van der Waals surface area contributed by atoms with Gasteiger partial charge >= 0.3 is 0 Å². The molecule has 1 fully saturated rings. The Balaban J connectivity index is 2.29. The van der Waals surface area contributed by atoms with E-state index in [1.54, 1.807) is 5.01 Å². The quantitative estimate of drug-likeness (QED) is 0.888. The molecule has 0 spiro atoms. The zero-order valence-corrected chi connectivity index (χ0v) is 13.0. The Morgan fingerprint density at radius 2 is 1.95 bits per heavy atom. The van der Waals surface area contributed by atoms with Crippen molar-refractivity contribution in [3.8, 4) is 0 Å². The summed E-state index contributed by atoms with van der Waals surface area (Å²) in [4.78, 5) is 2.06. The highest BCUT2D eigenvalue weighted by atomic mass is 32.2. The molecule has 1 aliphatic rings. The van der Waals surface area contributed by atoms with Crippen LogP contribution >= 0.6 is 0 Å². The van der Waals surface area contributed by atoms with Crippen LogP contribution in [0.5, 0.6) is 0 Å². The van der Waals surface area contributed by atoms with Crippen LogP contribution in [0, 0.1) is 5.82 Å². The van der Waals surface area contributed by atoms with Crippen LogP contribution in [0.15, 0.2) is 23.1 Å². The van der Waals surface area contributed by atoms with Crippen LogP contribution in [0.2, 0.25) is 0 Å². The van der Waals surface area contributed by atoms with E-state index in [0.29, 0.717) is 5.56 Å². The van der Waals surface area contributed by atoms with E-state index < -0.39 is 20.7 Å². The summed E-state index contributed by atoms with van der Waals surface area (Å²) in [6.07, 6.45) is 2.84. The maximum atomic E-state index is 13.8. The van der Waals surface area contributed by atoms with Gasteiger partial charge in [-0.15, -0.1) is 4.83 Å². The number of aliphatic hydroxyl groups excluding tert-OH is 1. The summed E-state index contributed by atoms with van der Waals surface area (Å²) in [6.45, 7) is 3.55. The van der Waals surface area contributed by atoms with Crippen molar-refractivity contribution < 1.29 is 17.9 Å². The van der Waals surface area contributed by atoms with Crippen molar-refractivity contribution in [2.24, 2.45) is 0 Å². The van der Waals surface area contributed by atoms with Gasteiger partial charge < -0.3 is 5.11 Å². The Kier molecular flexibility index (Phi) is 4.98. The number of rotatable bonds is 4. The average Bonchev–Trinajstić information content (AvgIpc) is 2.43. The van der Waals surface area contributed by atoms with Gasteiger partial charge in [0.25, 0.3) is 10.0 Å². The zero-order chi connectivity index (χ0) is 15.6. The Morgan fingerprint density at radius 1 is 1.33 bits per heavy atom. The molecule has 5 nitrogen and oxygen atoms in total. The molecule has 0 aliphatic carbocycles. The maximum absolute atomic E-state index is 13.8. The third-order valence-electron chi connectivity index (χ3n) is 3.89. The summed E-state index contributed by atoms with van der Waals surface area (Å²) in [5, 5.41) is 10.7. The number of aliphatic hydroxyl groups is 1. The lowest BCUT2D eigenvalue weighted by molar-refractivity contribution is 0.0789. The highest BCUT2D eigenvalue weighted by Gasteiger charge is 2.30. The topological polar surface area (TPSA) is 69.6 Å². The Morgan fingerprint density at radius 3 is 2.52 bits per heavy atom. The Labute approximate surface area is 124 Å². The third kappa shape index (κ3) is 3.60. The SMILES string of the molecule is CC1CCCC(C)N1NS(=O)(=O)c1cc(CO)ccc1F. The van der Waals surface area contributed by atoms with E-state index in [-0.39, 0.29) is 18.7 Å². The van der Waals surface area contributed by atoms with Crippen LogP contribution in [-0.2, 0) is 16.6 Å². The smallest absolute Gasteiger partial charge is 0.256 e. The van der Waals surface area contributed by atoms with E-state index in [1.807, 2.05) is 13.8 Å². The number of hydrazine groups is 1. The van der Waals surface area contributed by atoms with Crippen LogP contribution in [0.25, 0.3) is 0 Å². The van der Waals surface area contributed by atoms with Gasteiger partial charge in [-0.05, 0) is 44.4 Å². The number of nitrogens with one attached hydrogen (secondary N) is 1. The van der Waals surface area contributed by atoms with Gasteiger partial charge in [-0.25, -0.2) is 17.8 Å². The van der Waals surface area contributed by atoms with Crippen LogP contribution in [-0.4, -0.2) is 30.6 Å². The maximum Gasteiger partial charge on any atom is 0.256 e. The molecule has 0 radical (unpaired) electrons. The van der Waals surface area contributed by atoms with E-state index in [9.17, 15) is 12.8 Å². The van der Waals surface area contributed by atoms with Crippen molar-refractivity contribution in [2.75, 3.05) is 0 Å². The molecule has 1 saturated heterocycles. The molecule has 118 valence electrons. The number of hydrogen-bond acceptors (Lipinski definition) is 4. The lowest BCUT2D eigenvalue weighted by atomic mass is 10.0. The highest BCUT2D eigenvalue weighted by molar-refractivity contribution is 7.89. The van der Waals surface area contributed by atoms with Crippen LogP contribution < -0.4 is 4.83 Å². The second-order valence-electron chi connectivity index (χ2n) is 5.55. The van der Waals surface area contributed by atoms with Crippen molar-refractivity contribution in [3.05, 3.63) is 29.6 Å². The van der Waals surface area contributed by atoms with E-state index in [1.165, 1.54) is 6.07 Å². The summed E-state index contributed by atoms with van der Waals surface area (Å²) in [6, 6.07) is 3.71. The largest absolute Gasteiger partial charge is 0.392 e. The second kappa shape index (κ2) is 6.39. The molecule has 2 atom stereocenters. The van der Waals surface area contributed by atoms with Gasteiger partial charge in [0, 0.05) is 12.1 Å². The summed E-state index contributed by atoms with van der Waals surface area (Å²) >= 11 is 0. The average molecular weight is 316 g/mol.